The molecule has 0 spiro atoms. The fourth-order valence-electron chi connectivity index (χ4n) is 5.70. The second-order valence-electron chi connectivity index (χ2n) is 10.7. The SMILES string of the molecule is C[C@H]([C@@H](O)[C@H](Cc1ccccc1)N(Cc1ccccc1)Cc1ccccc1)P(=O)(c1ccccc1)c1ccccc1. The first-order valence-corrected chi connectivity index (χ1v) is 16.1. The Hall–Kier alpha value is -3.75. The van der Waals surface area contributed by atoms with Crippen molar-refractivity contribution in [2.45, 2.75) is 44.2 Å². The van der Waals surface area contributed by atoms with Gasteiger partial charge in [0.05, 0.1) is 6.10 Å². The summed E-state index contributed by atoms with van der Waals surface area (Å²) in [7, 11) is -3.21. The molecule has 0 aliphatic heterocycles. The lowest BCUT2D eigenvalue weighted by Crippen LogP contribution is -2.50. The Kier molecular flexibility index (Phi) is 9.64. The molecule has 0 aliphatic carbocycles. The number of aliphatic hydroxyl groups is 1. The summed E-state index contributed by atoms with van der Waals surface area (Å²) in [5, 5.41) is 14.0. The highest BCUT2D eigenvalue weighted by molar-refractivity contribution is 7.79. The second-order valence-corrected chi connectivity index (χ2v) is 13.9. The van der Waals surface area contributed by atoms with Crippen molar-refractivity contribution in [2.75, 3.05) is 0 Å². The topological polar surface area (TPSA) is 40.5 Å². The van der Waals surface area contributed by atoms with Gasteiger partial charge in [-0.2, -0.15) is 0 Å². The fourth-order valence-corrected chi connectivity index (χ4v) is 8.80. The number of aliphatic hydroxyl groups excluding tert-OH is 1. The molecule has 0 radical (unpaired) electrons. The smallest absolute Gasteiger partial charge is 0.148 e. The molecule has 3 atom stereocenters. The summed E-state index contributed by atoms with van der Waals surface area (Å²) in [5.41, 5.74) is 2.98. The lowest BCUT2D eigenvalue weighted by atomic mass is 9.96. The van der Waals surface area contributed by atoms with Gasteiger partial charge < -0.3 is 9.67 Å². The van der Waals surface area contributed by atoms with Crippen molar-refractivity contribution in [3.05, 3.63) is 168 Å². The number of rotatable bonds is 12. The predicted octanol–water partition coefficient (Wildman–Crippen LogP) is 7.06. The number of nitrogens with zero attached hydrogens (tertiary/aromatic N) is 1. The van der Waals surface area contributed by atoms with Gasteiger partial charge in [-0.25, -0.2) is 0 Å². The molecule has 3 nitrogen and oxygen atoms in total. The van der Waals surface area contributed by atoms with Crippen LogP contribution in [0.4, 0.5) is 0 Å². The molecule has 0 bridgehead atoms. The summed E-state index contributed by atoms with van der Waals surface area (Å²) in [5.74, 6) is 0. The Morgan fingerprint density at radius 3 is 1.29 bits per heavy atom. The molecule has 0 amide bonds. The van der Waals surface area contributed by atoms with Crippen LogP contribution >= 0.6 is 7.14 Å². The van der Waals surface area contributed by atoms with E-state index in [1.165, 1.54) is 11.1 Å². The van der Waals surface area contributed by atoms with Crippen LogP contribution in [0.5, 0.6) is 0 Å². The normalized spacial score (nSPS) is 13.9. The van der Waals surface area contributed by atoms with Crippen LogP contribution in [0.25, 0.3) is 0 Å². The van der Waals surface area contributed by atoms with E-state index in [0.29, 0.717) is 19.5 Å². The van der Waals surface area contributed by atoms with E-state index in [2.05, 4.69) is 65.6 Å². The van der Waals surface area contributed by atoms with Gasteiger partial charge in [-0.15, -0.1) is 0 Å². The van der Waals surface area contributed by atoms with Crippen molar-refractivity contribution in [1.82, 2.24) is 4.90 Å². The molecular formula is C37H38NO2P. The van der Waals surface area contributed by atoms with Crippen LogP contribution in [-0.2, 0) is 24.1 Å². The zero-order valence-electron chi connectivity index (χ0n) is 23.5. The first kappa shape index (κ1) is 28.8. The molecule has 5 rings (SSSR count). The summed E-state index contributed by atoms with van der Waals surface area (Å²) in [4.78, 5) is 2.36. The molecule has 0 heterocycles. The predicted molar refractivity (Wildman–Crippen MR) is 171 cm³/mol. The minimum absolute atomic E-state index is 0.284. The van der Waals surface area contributed by atoms with Crippen molar-refractivity contribution in [2.24, 2.45) is 0 Å². The Morgan fingerprint density at radius 2 is 0.902 bits per heavy atom. The van der Waals surface area contributed by atoms with Crippen molar-refractivity contribution in [3.63, 3.8) is 0 Å². The Labute approximate surface area is 244 Å². The lowest BCUT2D eigenvalue weighted by molar-refractivity contribution is 0.0389. The van der Waals surface area contributed by atoms with Gasteiger partial charge in [0.15, 0.2) is 0 Å². The van der Waals surface area contributed by atoms with Crippen LogP contribution in [0.2, 0.25) is 0 Å². The Morgan fingerprint density at radius 1 is 0.561 bits per heavy atom. The molecule has 0 aliphatic rings. The van der Waals surface area contributed by atoms with Gasteiger partial charge in [0.2, 0.25) is 0 Å². The minimum Gasteiger partial charge on any atom is -0.391 e. The third-order valence-electron chi connectivity index (χ3n) is 7.96. The van der Waals surface area contributed by atoms with Crippen molar-refractivity contribution >= 4 is 17.8 Å². The largest absolute Gasteiger partial charge is 0.391 e. The molecule has 5 aromatic carbocycles. The molecular weight excluding hydrogens is 521 g/mol. The molecule has 5 aromatic rings. The summed E-state index contributed by atoms with van der Waals surface area (Å²) in [6.45, 7) is 3.29. The highest BCUT2D eigenvalue weighted by Crippen LogP contribution is 2.50. The average Bonchev–Trinajstić information content (AvgIpc) is 3.04. The molecule has 4 heteroatoms. The molecule has 41 heavy (non-hydrogen) atoms. The molecule has 0 unspecified atom stereocenters. The number of hydrogen-bond donors (Lipinski definition) is 1. The van der Waals surface area contributed by atoms with Crippen molar-refractivity contribution in [1.29, 1.82) is 0 Å². The summed E-state index contributed by atoms with van der Waals surface area (Å²) >= 11 is 0. The number of benzene rings is 5. The van der Waals surface area contributed by atoms with Crippen LogP contribution in [0.1, 0.15) is 23.6 Å². The molecule has 208 valence electrons. The number of hydrogen-bond acceptors (Lipinski definition) is 3. The van der Waals surface area contributed by atoms with Crippen molar-refractivity contribution < 1.29 is 9.67 Å². The van der Waals surface area contributed by atoms with E-state index >= 15 is 4.57 Å². The van der Waals surface area contributed by atoms with Gasteiger partial charge >= 0.3 is 0 Å². The standard InChI is InChI=1S/C37H38NO2P/c1-30(41(40,34-23-13-5-14-24-34)35-25-15-6-16-26-35)37(39)36(27-31-17-7-2-8-18-31)38(28-32-19-9-3-10-20-32)29-33-21-11-4-12-22-33/h2-26,30,36-37,39H,27-29H2,1H3/t30-,36+,37-/m1/s1. The van der Waals surface area contributed by atoms with Gasteiger partial charge in [-0.1, -0.05) is 159 Å². The van der Waals surface area contributed by atoms with E-state index in [-0.39, 0.29) is 6.04 Å². The summed E-state index contributed by atoms with van der Waals surface area (Å²) in [6, 6.07) is 50.2. The third-order valence-corrected chi connectivity index (χ3v) is 11.5. The highest BCUT2D eigenvalue weighted by Gasteiger charge is 2.42. The van der Waals surface area contributed by atoms with Crippen molar-refractivity contribution in [3.8, 4) is 0 Å². The van der Waals surface area contributed by atoms with Crippen LogP contribution in [0.15, 0.2) is 152 Å². The quantitative estimate of drug-likeness (QED) is 0.166. The Bertz CT molecular complexity index is 1430. The molecule has 0 saturated heterocycles. The molecule has 1 N–H and O–H groups in total. The van der Waals surface area contributed by atoms with Crippen LogP contribution in [-0.4, -0.2) is 27.8 Å². The van der Waals surface area contributed by atoms with Gasteiger partial charge in [-0.05, 0) is 23.1 Å². The molecule has 0 aromatic heterocycles. The van der Waals surface area contributed by atoms with E-state index in [0.717, 1.165) is 16.2 Å². The fraction of sp³-hybridized carbons (Fsp3) is 0.189. The molecule has 0 saturated carbocycles. The van der Waals surface area contributed by atoms with E-state index in [9.17, 15) is 5.11 Å². The van der Waals surface area contributed by atoms with Gasteiger partial charge in [0.25, 0.3) is 0 Å². The van der Waals surface area contributed by atoms with E-state index in [1.54, 1.807) is 0 Å². The first-order valence-electron chi connectivity index (χ1n) is 14.3. The van der Waals surface area contributed by atoms with E-state index in [4.69, 9.17) is 0 Å². The molecule has 0 fully saturated rings. The monoisotopic (exact) mass is 559 g/mol. The maximum absolute atomic E-state index is 15.3. The van der Waals surface area contributed by atoms with Gasteiger partial charge in [-0.3, -0.25) is 4.90 Å². The Balaban J connectivity index is 1.59. The minimum atomic E-state index is -3.21. The zero-order valence-corrected chi connectivity index (χ0v) is 24.4. The van der Waals surface area contributed by atoms with Crippen LogP contribution in [0.3, 0.4) is 0 Å². The van der Waals surface area contributed by atoms with Crippen LogP contribution < -0.4 is 10.6 Å². The maximum Gasteiger partial charge on any atom is 0.148 e. The lowest BCUT2D eigenvalue weighted by Gasteiger charge is -2.40. The zero-order chi connectivity index (χ0) is 28.5. The first-order chi connectivity index (χ1) is 20.1. The highest BCUT2D eigenvalue weighted by atomic mass is 31.2. The van der Waals surface area contributed by atoms with Crippen LogP contribution in [0, 0.1) is 0 Å². The van der Waals surface area contributed by atoms with Gasteiger partial charge in [0.1, 0.15) is 7.14 Å². The summed E-state index contributed by atoms with van der Waals surface area (Å²) < 4.78 is 15.3. The maximum atomic E-state index is 15.3. The third kappa shape index (κ3) is 6.94. The second kappa shape index (κ2) is 13.7. The van der Waals surface area contributed by atoms with E-state index in [1.807, 2.05) is 97.9 Å². The average molecular weight is 560 g/mol. The summed E-state index contributed by atoms with van der Waals surface area (Å²) in [6.07, 6.45) is -0.232. The van der Waals surface area contributed by atoms with Gasteiger partial charge in [0, 0.05) is 35.4 Å². The van der Waals surface area contributed by atoms with E-state index < -0.39 is 18.9 Å².